The summed E-state index contributed by atoms with van der Waals surface area (Å²) in [6.45, 7) is 2.21. The highest BCUT2D eigenvalue weighted by Crippen LogP contribution is 2.21. The number of benzene rings is 1. The van der Waals surface area contributed by atoms with Gasteiger partial charge in [0, 0.05) is 18.1 Å². The minimum Gasteiger partial charge on any atom is -0.363 e. The first-order valence-electron chi connectivity index (χ1n) is 6.61. The molecule has 0 radical (unpaired) electrons. The average Bonchev–Trinajstić information content (AvgIpc) is 2.94. The maximum absolute atomic E-state index is 4.72. The van der Waals surface area contributed by atoms with Gasteiger partial charge in [0.25, 0.3) is 0 Å². The summed E-state index contributed by atoms with van der Waals surface area (Å²) in [5.74, 6) is 0. The van der Waals surface area contributed by atoms with Crippen LogP contribution < -0.4 is 0 Å². The minimum absolute atomic E-state index is 0.250. The maximum atomic E-state index is 4.72. The van der Waals surface area contributed by atoms with Crippen LogP contribution in [0.3, 0.4) is 0 Å². The molecule has 1 atom stereocenters. The Morgan fingerprint density at radius 1 is 1.17 bits per heavy atom. The second kappa shape index (κ2) is 6.80. The molecule has 0 unspecified atom stereocenters. The molecule has 1 heterocycles. The quantitative estimate of drug-likeness (QED) is 0.726. The van der Waals surface area contributed by atoms with Crippen molar-refractivity contribution < 1.29 is 0 Å². The molecule has 0 bridgehead atoms. The van der Waals surface area contributed by atoms with Gasteiger partial charge in [-0.05, 0) is 24.1 Å². The molecule has 1 aromatic heterocycles. The van der Waals surface area contributed by atoms with E-state index in [4.69, 9.17) is 4.99 Å². The Bertz CT molecular complexity index is 457. The van der Waals surface area contributed by atoms with Crippen LogP contribution in [0.4, 0.5) is 0 Å². The SMILES string of the molecule is CCCC[C@H](N=Cc1ccccc1)c1ccc[nH]1. The molecular weight excluding hydrogens is 220 g/mol. The summed E-state index contributed by atoms with van der Waals surface area (Å²) in [6, 6.07) is 14.7. The monoisotopic (exact) mass is 240 g/mol. The highest BCUT2D eigenvalue weighted by molar-refractivity contribution is 5.79. The molecule has 0 saturated carbocycles. The standard InChI is InChI=1S/C16H20N2/c1-2-3-10-16(15-11-7-12-17-15)18-13-14-8-5-4-6-9-14/h4-9,11-13,16-17H,2-3,10H2,1H3/t16-/m0/s1. The van der Waals surface area contributed by atoms with Gasteiger partial charge in [-0.15, -0.1) is 0 Å². The normalized spacial score (nSPS) is 12.9. The molecule has 0 aliphatic heterocycles. The largest absolute Gasteiger partial charge is 0.363 e. The Hall–Kier alpha value is -1.83. The van der Waals surface area contributed by atoms with Gasteiger partial charge in [0.05, 0.1) is 6.04 Å². The molecule has 0 amide bonds. The van der Waals surface area contributed by atoms with Crippen molar-refractivity contribution in [3.8, 4) is 0 Å². The first-order valence-corrected chi connectivity index (χ1v) is 6.61. The molecule has 0 fully saturated rings. The molecule has 0 spiro atoms. The van der Waals surface area contributed by atoms with Crippen LogP contribution >= 0.6 is 0 Å². The topological polar surface area (TPSA) is 28.1 Å². The van der Waals surface area contributed by atoms with Gasteiger partial charge in [0.1, 0.15) is 0 Å². The molecular formula is C16H20N2. The number of nitrogens with one attached hydrogen (secondary N) is 1. The third-order valence-electron chi connectivity index (χ3n) is 3.02. The molecule has 0 aliphatic rings. The number of hydrogen-bond donors (Lipinski definition) is 1. The molecule has 0 aliphatic carbocycles. The van der Waals surface area contributed by atoms with Crippen LogP contribution in [0.25, 0.3) is 0 Å². The lowest BCUT2D eigenvalue weighted by Crippen LogP contribution is -1.97. The van der Waals surface area contributed by atoms with Crippen LogP contribution in [0.1, 0.15) is 43.5 Å². The number of nitrogens with zero attached hydrogens (tertiary/aromatic N) is 1. The van der Waals surface area contributed by atoms with Gasteiger partial charge < -0.3 is 4.98 Å². The van der Waals surface area contributed by atoms with Gasteiger partial charge in [0.2, 0.25) is 0 Å². The third-order valence-corrected chi connectivity index (χ3v) is 3.02. The smallest absolute Gasteiger partial charge is 0.0897 e. The lowest BCUT2D eigenvalue weighted by Gasteiger charge is -2.10. The summed E-state index contributed by atoms with van der Waals surface area (Å²) in [7, 11) is 0. The Balaban J connectivity index is 2.08. The van der Waals surface area contributed by atoms with Crippen molar-refractivity contribution in [1.82, 2.24) is 4.98 Å². The lowest BCUT2D eigenvalue weighted by atomic mass is 10.1. The van der Waals surface area contributed by atoms with Crippen molar-refractivity contribution in [3.05, 3.63) is 59.9 Å². The number of unbranched alkanes of at least 4 members (excludes halogenated alkanes) is 1. The summed E-state index contributed by atoms with van der Waals surface area (Å²) >= 11 is 0. The first kappa shape index (κ1) is 12.6. The molecule has 1 aromatic carbocycles. The van der Waals surface area contributed by atoms with Gasteiger partial charge in [0.15, 0.2) is 0 Å². The van der Waals surface area contributed by atoms with Gasteiger partial charge in [-0.2, -0.15) is 0 Å². The van der Waals surface area contributed by atoms with E-state index in [0.717, 1.165) is 12.0 Å². The summed E-state index contributed by atoms with van der Waals surface area (Å²) in [5.41, 5.74) is 2.36. The van der Waals surface area contributed by atoms with E-state index in [2.05, 4.69) is 30.1 Å². The number of hydrogen-bond acceptors (Lipinski definition) is 1. The fourth-order valence-electron chi connectivity index (χ4n) is 1.97. The van der Waals surface area contributed by atoms with Crippen LogP contribution in [0.15, 0.2) is 53.7 Å². The molecule has 1 N–H and O–H groups in total. The van der Waals surface area contributed by atoms with E-state index >= 15 is 0 Å². The molecule has 18 heavy (non-hydrogen) atoms. The third kappa shape index (κ3) is 3.59. The van der Waals surface area contributed by atoms with E-state index in [1.54, 1.807) is 0 Å². The predicted molar refractivity (Wildman–Crippen MR) is 77.1 cm³/mol. The summed E-state index contributed by atoms with van der Waals surface area (Å²) in [6.07, 6.45) is 7.45. The van der Waals surface area contributed by atoms with E-state index in [-0.39, 0.29) is 6.04 Å². The van der Waals surface area contributed by atoms with Crippen LogP contribution in [0.2, 0.25) is 0 Å². The number of H-pyrrole nitrogens is 1. The van der Waals surface area contributed by atoms with Gasteiger partial charge in [-0.3, -0.25) is 4.99 Å². The van der Waals surface area contributed by atoms with Crippen LogP contribution in [-0.2, 0) is 0 Å². The fraction of sp³-hybridized carbons (Fsp3) is 0.312. The molecule has 2 heteroatoms. The van der Waals surface area contributed by atoms with Crippen LogP contribution in [-0.4, -0.2) is 11.2 Å². The van der Waals surface area contributed by atoms with E-state index in [0.29, 0.717) is 0 Å². The van der Waals surface area contributed by atoms with E-state index in [9.17, 15) is 0 Å². The molecule has 2 nitrogen and oxygen atoms in total. The van der Waals surface area contributed by atoms with E-state index in [1.165, 1.54) is 18.5 Å². The van der Waals surface area contributed by atoms with Crippen LogP contribution in [0, 0.1) is 0 Å². The summed E-state index contributed by atoms with van der Waals surface area (Å²) < 4.78 is 0. The Morgan fingerprint density at radius 3 is 2.67 bits per heavy atom. The van der Waals surface area contributed by atoms with Crippen molar-refractivity contribution >= 4 is 6.21 Å². The molecule has 2 aromatic rings. The summed E-state index contributed by atoms with van der Waals surface area (Å²) in [4.78, 5) is 7.99. The van der Waals surface area contributed by atoms with Crippen molar-refractivity contribution in [3.63, 3.8) is 0 Å². The van der Waals surface area contributed by atoms with Crippen LogP contribution in [0.5, 0.6) is 0 Å². The van der Waals surface area contributed by atoms with Crippen molar-refractivity contribution in [2.75, 3.05) is 0 Å². The Labute approximate surface area is 109 Å². The van der Waals surface area contributed by atoms with Gasteiger partial charge >= 0.3 is 0 Å². The number of aliphatic imine (C=N–C) groups is 1. The molecule has 0 saturated heterocycles. The maximum Gasteiger partial charge on any atom is 0.0897 e. The highest BCUT2D eigenvalue weighted by Gasteiger charge is 2.08. The Morgan fingerprint density at radius 2 is 2.00 bits per heavy atom. The molecule has 94 valence electrons. The van der Waals surface area contributed by atoms with Gasteiger partial charge in [-0.25, -0.2) is 0 Å². The zero-order chi connectivity index (χ0) is 12.6. The fourth-order valence-corrected chi connectivity index (χ4v) is 1.97. The van der Waals surface area contributed by atoms with Gasteiger partial charge in [-0.1, -0.05) is 50.1 Å². The number of rotatable bonds is 6. The average molecular weight is 240 g/mol. The number of aromatic amines is 1. The highest BCUT2D eigenvalue weighted by atomic mass is 14.8. The van der Waals surface area contributed by atoms with Crippen molar-refractivity contribution in [1.29, 1.82) is 0 Å². The predicted octanol–water partition coefficient (Wildman–Crippen LogP) is 4.37. The zero-order valence-corrected chi connectivity index (χ0v) is 10.8. The van der Waals surface area contributed by atoms with E-state index in [1.807, 2.05) is 36.7 Å². The Kier molecular flexibility index (Phi) is 4.77. The number of aromatic nitrogens is 1. The van der Waals surface area contributed by atoms with Crippen molar-refractivity contribution in [2.24, 2.45) is 4.99 Å². The zero-order valence-electron chi connectivity index (χ0n) is 10.8. The van der Waals surface area contributed by atoms with Crippen molar-refractivity contribution in [2.45, 2.75) is 32.2 Å². The lowest BCUT2D eigenvalue weighted by molar-refractivity contribution is 0.597. The van der Waals surface area contributed by atoms with E-state index < -0.39 is 0 Å². The summed E-state index contributed by atoms with van der Waals surface area (Å²) in [5, 5.41) is 0. The first-order chi connectivity index (χ1) is 8.90. The second-order valence-corrected chi connectivity index (χ2v) is 4.47. The molecule has 2 rings (SSSR count). The minimum atomic E-state index is 0.250. The second-order valence-electron chi connectivity index (χ2n) is 4.47.